The normalized spacial score (nSPS) is 26.9. The second-order valence-electron chi connectivity index (χ2n) is 3.72. The first-order valence-corrected chi connectivity index (χ1v) is 6.61. The molecule has 0 radical (unpaired) electrons. The van der Waals surface area contributed by atoms with E-state index in [-0.39, 0.29) is 6.10 Å². The lowest BCUT2D eigenvalue weighted by Gasteiger charge is -2.30. The fraction of sp³-hybridized carbons (Fsp3) is 0.778. The van der Waals surface area contributed by atoms with Crippen LogP contribution in [0.5, 0.6) is 0 Å². The maximum Gasteiger partial charge on any atom is 0.218 e. The summed E-state index contributed by atoms with van der Waals surface area (Å²) < 4.78 is 8.80. The van der Waals surface area contributed by atoms with Crippen molar-refractivity contribution >= 4 is 31.9 Å². The van der Waals surface area contributed by atoms with E-state index in [0.29, 0.717) is 10.8 Å². The smallest absolute Gasteiger partial charge is 0.218 e. The van der Waals surface area contributed by atoms with Crippen LogP contribution < -0.4 is 0 Å². The summed E-state index contributed by atoms with van der Waals surface area (Å²) in [6.45, 7) is 0. The van der Waals surface area contributed by atoms with Crippen molar-refractivity contribution in [2.45, 2.75) is 37.8 Å². The number of methoxy groups -OCH3 is 1. The lowest BCUT2D eigenvalue weighted by Crippen LogP contribution is -2.30. The Hall–Kier alpha value is 0.0600. The van der Waals surface area contributed by atoms with Gasteiger partial charge in [0.05, 0.1) is 12.1 Å². The Labute approximate surface area is 106 Å². The molecule has 1 saturated carbocycles. The summed E-state index contributed by atoms with van der Waals surface area (Å²) >= 11 is 6.69. The summed E-state index contributed by atoms with van der Waals surface area (Å²) in [4.78, 5) is 4.18. The molecule has 1 aliphatic rings. The van der Waals surface area contributed by atoms with Crippen molar-refractivity contribution < 1.29 is 4.74 Å². The van der Waals surface area contributed by atoms with Crippen LogP contribution in [-0.4, -0.2) is 28.0 Å². The Bertz CT molecular complexity index is 342. The van der Waals surface area contributed by atoms with Gasteiger partial charge in [-0.05, 0) is 44.7 Å². The summed E-state index contributed by atoms with van der Waals surface area (Å²) in [6, 6.07) is 0.303. The van der Waals surface area contributed by atoms with E-state index in [1.807, 2.05) is 4.68 Å². The molecule has 4 nitrogen and oxygen atoms in total. The predicted molar refractivity (Wildman–Crippen MR) is 63.7 cm³/mol. The van der Waals surface area contributed by atoms with E-state index in [1.165, 1.54) is 12.8 Å². The van der Waals surface area contributed by atoms with Crippen molar-refractivity contribution in [3.8, 4) is 0 Å². The molecule has 0 spiro atoms. The molecule has 0 bridgehead atoms. The van der Waals surface area contributed by atoms with Gasteiger partial charge < -0.3 is 4.74 Å². The molecule has 0 aromatic carbocycles. The van der Waals surface area contributed by atoms with Crippen LogP contribution in [0.2, 0.25) is 0 Å². The van der Waals surface area contributed by atoms with Gasteiger partial charge in [-0.1, -0.05) is 12.8 Å². The van der Waals surface area contributed by atoms with Crippen LogP contribution in [0.15, 0.2) is 9.47 Å². The number of rotatable bonds is 2. The third-order valence-electron chi connectivity index (χ3n) is 2.85. The molecule has 0 saturated heterocycles. The quantitative estimate of drug-likeness (QED) is 0.832. The average molecular weight is 339 g/mol. The third-order valence-corrected chi connectivity index (χ3v) is 3.72. The number of ether oxygens (including phenoxy) is 1. The van der Waals surface area contributed by atoms with Gasteiger partial charge in [-0.15, -0.1) is 5.10 Å². The van der Waals surface area contributed by atoms with Gasteiger partial charge in [0.25, 0.3) is 0 Å². The van der Waals surface area contributed by atoms with Crippen molar-refractivity contribution in [2.75, 3.05) is 7.11 Å². The van der Waals surface area contributed by atoms with E-state index in [0.717, 1.165) is 17.6 Å². The summed E-state index contributed by atoms with van der Waals surface area (Å²) in [6.07, 6.45) is 4.93. The minimum absolute atomic E-state index is 0.253. The van der Waals surface area contributed by atoms with Gasteiger partial charge in [0.2, 0.25) is 4.73 Å². The standard InChI is InChI=1S/C9H13Br2N3O/c1-15-7-5-3-2-4-6(7)14-9(11)12-8(10)13-14/h6-7H,2-5H2,1H3. The Kier molecular flexibility index (Phi) is 3.79. The second kappa shape index (κ2) is 4.93. The molecule has 15 heavy (non-hydrogen) atoms. The first-order valence-electron chi connectivity index (χ1n) is 5.02. The van der Waals surface area contributed by atoms with Crippen molar-refractivity contribution in [1.82, 2.24) is 14.8 Å². The van der Waals surface area contributed by atoms with Crippen LogP contribution >= 0.6 is 31.9 Å². The van der Waals surface area contributed by atoms with Crippen LogP contribution in [0.25, 0.3) is 0 Å². The van der Waals surface area contributed by atoms with Gasteiger partial charge in [0.15, 0.2) is 4.73 Å². The average Bonchev–Trinajstić information content (AvgIpc) is 2.57. The van der Waals surface area contributed by atoms with Crippen LogP contribution in [0, 0.1) is 0 Å². The highest BCUT2D eigenvalue weighted by Gasteiger charge is 2.28. The number of hydrogen-bond acceptors (Lipinski definition) is 3. The van der Waals surface area contributed by atoms with Crippen LogP contribution in [-0.2, 0) is 4.74 Å². The van der Waals surface area contributed by atoms with Gasteiger partial charge in [-0.2, -0.15) is 4.98 Å². The molecule has 2 atom stereocenters. The Balaban J connectivity index is 2.23. The molecule has 1 heterocycles. The first-order chi connectivity index (χ1) is 7.22. The zero-order valence-electron chi connectivity index (χ0n) is 8.49. The van der Waals surface area contributed by atoms with E-state index in [9.17, 15) is 0 Å². The topological polar surface area (TPSA) is 39.9 Å². The third kappa shape index (κ3) is 2.42. The Morgan fingerprint density at radius 1 is 1.33 bits per heavy atom. The fourth-order valence-electron chi connectivity index (χ4n) is 2.12. The summed E-state index contributed by atoms with van der Waals surface area (Å²) in [7, 11) is 1.77. The number of halogens is 2. The highest BCUT2D eigenvalue weighted by molar-refractivity contribution is 9.11. The van der Waals surface area contributed by atoms with Crippen LogP contribution in [0.1, 0.15) is 31.7 Å². The minimum Gasteiger partial charge on any atom is -0.379 e. The van der Waals surface area contributed by atoms with Gasteiger partial charge in [0, 0.05) is 7.11 Å². The maximum absolute atomic E-state index is 5.50. The Morgan fingerprint density at radius 2 is 2.07 bits per heavy atom. The van der Waals surface area contributed by atoms with Crippen molar-refractivity contribution in [3.05, 3.63) is 9.47 Å². The van der Waals surface area contributed by atoms with Gasteiger partial charge in [0.1, 0.15) is 0 Å². The summed E-state index contributed by atoms with van der Waals surface area (Å²) in [5.41, 5.74) is 0. The molecule has 2 unspecified atom stereocenters. The van der Waals surface area contributed by atoms with Crippen molar-refractivity contribution in [3.63, 3.8) is 0 Å². The predicted octanol–water partition coefficient (Wildman–Crippen LogP) is 2.93. The minimum atomic E-state index is 0.253. The monoisotopic (exact) mass is 337 g/mol. The maximum atomic E-state index is 5.50. The molecule has 6 heteroatoms. The molecule has 1 aromatic rings. The molecule has 0 N–H and O–H groups in total. The zero-order valence-corrected chi connectivity index (χ0v) is 11.7. The highest BCUT2D eigenvalue weighted by atomic mass is 79.9. The van der Waals surface area contributed by atoms with E-state index in [2.05, 4.69) is 41.9 Å². The van der Waals surface area contributed by atoms with E-state index < -0.39 is 0 Å². The summed E-state index contributed by atoms with van der Waals surface area (Å²) in [5.74, 6) is 0. The molecule has 84 valence electrons. The molecule has 2 rings (SSSR count). The van der Waals surface area contributed by atoms with Gasteiger partial charge >= 0.3 is 0 Å². The number of hydrogen-bond donors (Lipinski definition) is 0. The molecular formula is C9H13Br2N3O. The molecule has 1 fully saturated rings. The van der Waals surface area contributed by atoms with Crippen LogP contribution in [0.3, 0.4) is 0 Å². The number of nitrogens with zero attached hydrogens (tertiary/aromatic N) is 3. The van der Waals surface area contributed by atoms with Crippen molar-refractivity contribution in [1.29, 1.82) is 0 Å². The van der Waals surface area contributed by atoms with E-state index in [1.54, 1.807) is 7.11 Å². The lowest BCUT2D eigenvalue weighted by molar-refractivity contribution is 0.0235. The molecule has 0 amide bonds. The van der Waals surface area contributed by atoms with Gasteiger partial charge in [-0.25, -0.2) is 4.68 Å². The van der Waals surface area contributed by atoms with Gasteiger partial charge in [-0.3, -0.25) is 0 Å². The first kappa shape index (κ1) is 11.5. The van der Waals surface area contributed by atoms with E-state index >= 15 is 0 Å². The lowest BCUT2D eigenvalue weighted by atomic mass is 9.92. The SMILES string of the molecule is COC1CCCCC1n1nc(Br)nc1Br. The molecule has 1 aliphatic carbocycles. The van der Waals surface area contributed by atoms with Crippen LogP contribution in [0.4, 0.5) is 0 Å². The highest BCUT2D eigenvalue weighted by Crippen LogP contribution is 2.32. The molecular weight excluding hydrogens is 326 g/mol. The molecule has 1 aromatic heterocycles. The summed E-state index contributed by atoms with van der Waals surface area (Å²) in [5, 5.41) is 4.33. The number of aromatic nitrogens is 3. The fourth-order valence-corrected chi connectivity index (χ4v) is 3.21. The zero-order chi connectivity index (χ0) is 10.8. The van der Waals surface area contributed by atoms with E-state index in [4.69, 9.17) is 4.74 Å². The van der Waals surface area contributed by atoms with Crippen molar-refractivity contribution in [2.24, 2.45) is 0 Å². The largest absolute Gasteiger partial charge is 0.379 e. The Morgan fingerprint density at radius 3 is 2.67 bits per heavy atom. The second-order valence-corrected chi connectivity index (χ2v) is 5.14. The molecule has 0 aliphatic heterocycles.